The molecule has 2 aromatic rings. The third-order valence-corrected chi connectivity index (χ3v) is 3.23. The highest BCUT2D eigenvalue weighted by Gasteiger charge is 2.16. The molecule has 0 aliphatic carbocycles. The first-order valence-corrected chi connectivity index (χ1v) is 6.51. The summed E-state index contributed by atoms with van der Waals surface area (Å²) in [5, 5.41) is 11.6. The molecule has 0 aliphatic heterocycles. The predicted octanol–water partition coefficient (Wildman–Crippen LogP) is 1.26. The van der Waals surface area contributed by atoms with Gasteiger partial charge in [0.2, 0.25) is 5.91 Å². The molecule has 2 rings (SSSR count). The first-order chi connectivity index (χ1) is 9.61. The minimum atomic E-state index is -0.888. The SMILES string of the molecule is CCC(CNC(=O)Cn1cnc2ccccc21)C(=O)O. The van der Waals surface area contributed by atoms with Crippen LogP contribution in [0.2, 0.25) is 0 Å². The third-order valence-electron chi connectivity index (χ3n) is 3.23. The number of carboxylic acid groups (broad SMARTS) is 1. The Morgan fingerprint density at radius 2 is 2.15 bits per heavy atom. The van der Waals surface area contributed by atoms with Crippen LogP contribution in [0.3, 0.4) is 0 Å². The summed E-state index contributed by atoms with van der Waals surface area (Å²) in [6.07, 6.45) is 2.10. The molecular weight excluding hydrogens is 258 g/mol. The van der Waals surface area contributed by atoms with Crippen molar-refractivity contribution in [2.24, 2.45) is 5.92 Å². The number of imidazole rings is 1. The fraction of sp³-hybridized carbons (Fsp3) is 0.357. The molecule has 1 unspecified atom stereocenters. The maximum Gasteiger partial charge on any atom is 0.308 e. The molecular formula is C14H17N3O3. The average Bonchev–Trinajstić information content (AvgIpc) is 2.82. The standard InChI is InChI=1S/C14H17N3O3/c1-2-10(14(19)20)7-15-13(18)8-17-9-16-11-5-3-4-6-12(11)17/h3-6,9-10H,2,7-8H2,1H3,(H,15,18)(H,19,20). The summed E-state index contributed by atoms with van der Waals surface area (Å²) in [5.74, 6) is -1.65. The van der Waals surface area contributed by atoms with Crippen LogP contribution in [0, 0.1) is 5.92 Å². The number of aromatic nitrogens is 2. The lowest BCUT2D eigenvalue weighted by atomic mass is 10.1. The largest absolute Gasteiger partial charge is 0.481 e. The van der Waals surface area contributed by atoms with Gasteiger partial charge in [0.15, 0.2) is 0 Å². The number of fused-ring (bicyclic) bond motifs is 1. The maximum atomic E-state index is 11.8. The van der Waals surface area contributed by atoms with E-state index in [1.54, 1.807) is 17.8 Å². The van der Waals surface area contributed by atoms with Crippen molar-refractivity contribution in [3.05, 3.63) is 30.6 Å². The Hall–Kier alpha value is -2.37. The summed E-state index contributed by atoms with van der Waals surface area (Å²) >= 11 is 0. The summed E-state index contributed by atoms with van der Waals surface area (Å²) in [7, 11) is 0. The lowest BCUT2D eigenvalue weighted by Gasteiger charge is -2.11. The zero-order chi connectivity index (χ0) is 14.5. The highest BCUT2D eigenvalue weighted by Crippen LogP contribution is 2.11. The Balaban J connectivity index is 1.96. The Morgan fingerprint density at radius 3 is 2.85 bits per heavy atom. The number of rotatable bonds is 6. The van der Waals surface area contributed by atoms with Crippen LogP contribution < -0.4 is 5.32 Å². The van der Waals surface area contributed by atoms with Crippen LogP contribution in [0.25, 0.3) is 11.0 Å². The van der Waals surface area contributed by atoms with Gasteiger partial charge in [-0.15, -0.1) is 0 Å². The summed E-state index contributed by atoms with van der Waals surface area (Å²) in [4.78, 5) is 26.9. The molecule has 106 valence electrons. The Labute approximate surface area is 116 Å². The van der Waals surface area contributed by atoms with Gasteiger partial charge in [-0.3, -0.25) is 9.59 Å². The quantitative estimate of drug-likeness (QED) is 0.831. The van der Waals surface area contributed by atoms with Crippen molar-refractivity contribution in [3.8, 4) is 0 Å². The van der Waals surface area contributed by atoms with Gasteiger partial charge in [0.05, 0.1) is 23.3 Å². The lowest BCUT2D eigenvalue weighted by Crippen LogP contribution is -2.34. The van der Waals surface area contributed by atoms with E-state index >= 15 is 0 Å². The second kappa shape index (κ2) is 6.18. The monoisotopic (exact) mass is 275 g/mol. The Bertz CT molecular complexity index is 621. The van der Waals surface area contributed by atoms with Crippen LogP contribution in [0.15, 0.2) is 30.6 Å². The fourth-order valence-corrected chi connectivity index (χ4v) is 1.99. The first-order valence-electron chi connectivity index (χ1n) is 6.51. The van der Waals surface area contributed by atoms with E-state index in [1.807, 2.05) is 24.3 Å². The van der Waals surface area contributed by atoms with Crippen molar-refractivity contribution in [1.82, 2.24) is 14.9 Å². The molecule has 0 bridgehead atoms. The molecule has 1 heterocycles. The van der Waals surface area contributed by atoms with Crippen LogP contribution in [0.1, 0.15) is 13.3 Å². The molecule has 1 aromatic heterocycles. The smallest absolute Gasteiger partial charge is 0.308 e. The normalized spacial score (nSPS) is 12.2. The summed E-state index contributed by atoms with van der Waals surface area (Å²) < 4.78 is 1.74. The number of carbonyl (C=O) groups is 2. The van der Waals surface area contributed by atoms with Crippen molar-refractivity contribution < 1.29 is 14.7 Å². The number of para-hydroxylation sites is 2. The molecule has 0 saturated carbocycles. The zero-order valence-corrected chi connectivity index (χ0v) is 11.2. The molecule has 1 amide bonds. The van der Waals surface area contributed by atoms with Gasteiger partial charge in [-0.25, -0.2) is 4.98 Å². The predicted molar refractivity (Wildman–Crippen MR) is 74.2 cm³/mol. The number of carbonyl (C=O) groups excluding carboxylic acids is 1. The van der Waals surface area contributed by atoms with Crippen molar-refractivity contribution in [2.75, 3.05) is 6.54 Å². The van der Waals surface area contributed by atoms with Gasteiger partial charge in [-0.05, 0) is 18.6 Å². The van der Waals surface area contributed by atoms with E-state index in [2.05, 4.69) is 10.3 Å². The van der Waals surface area contributed by atoms with E-state index in [0.717, 1.165) is 11.0 Å². The van der Waals surface area contributed by atoms with Crippen LogP contribution in [-0.2, 0) is 16.1 Å². The van der Waals surface area contributed by atoms with Crippen LogP contribution >= 0.6 is 0 Å². The number of benzene rings is 1. The van der Waals surface area contributed by atoms with Crippen LogP contribution in [0.4, 0.5) is 0 Å². The van der Waals surface area contributed by atoms with Crippen LogP contribution in [0.5, 0.6) is 0 Å². The van der Waals surface area contributed by atoms with Crippen molar-refractivity contribution in [1.29, 1.82) is 0 Å². The van der Waals surface area contributed by atoms with Gasteiger partial charge in [-0.1, -0.05) is 19.1 Å². The summed E-state index contributed by atoms with van der Waals surface area (Å²) in [6.45, 7) is 2.07. The van der Waals surface area contributed by atoms with Gasteiger partial charge in [-0.2, -0.15) is 0 Å². The number of carboxylic acids is 1. The number of nitrogens with one attached hydrogen (secondary N) is 1. The zero-order valence-electron chi connectivity index (χ0n) is 11.2. The first kappa shape index (κ1) is 14.0. The van der Waals surface area contributed by atoms with Crippen molar-refractivity contribution >= 4 is 22.9 Å². The van der Waals surface area contributed by atoms with E-state index in [4.69, 9.17) is 5.11 Å². The fourth-order valence-electron chi connectivity index (χ4n) is 1.99. The van der Waals surface area contributed by atoms with E-state index in [1.165, 1.54) is 0 Å². The molecule has 0 saturated heterocycles. The van der Waals surface area contributed by atoms with E-state index < -0.39 is 11.9 Å². The molecule has 0 aliphatic rings. The minimum Gasteiger partial charge on any atom is -0.481 e. The van der Waals surface area contributed by atoms with Gasteiger partial charge in [0.25, 0.3) is 0 Å². The molecule has 6 heteroatoms. The topological polar surface area (TPSA) is 84.2 Å². The molecule has 2 N–H and O–H groups in total. The van der Waals surface area contributed by atoms with Crippen molar-refractivity contribution in [3.63, 3.8) is 0 Å². The molecule has 1 aromatic carbocycles. The van der Waals surface area contributed by atoms with E-state index in [9.17, 15) is 9.59 Å². The molecule has 6 nitrogen and oxygen atoms in total. The number of hydrogen-bond acceptors (Lipinski definition) is 3. The molecule has 1 atom stereocenters. The van der Waals surface area contributed by atoms with E-state index in [-0.39, 0.29) is 19.0 Å². The summed E-state index contributed by atoms with van der Waals surface area (Å²) in [6, 6.07) is 7.54. The molecule has 0 fully saturated rings. The minimum absolute atomic E-state index is 0.135. The molecule has 0 radical (unpaired) electrons. The van der Waals surface area contributed by atoms with E-state index in [0.29, 0.717) is 6.42 Å². The third kappa shape index (κ3) is 3.14. The maximum absolute atomic E-state index is 11.8. The average molecular weight is 275 g/mol. The summed E-state index contributed by atoms with van der Waals surface area (Å²) in [5.41, 5.74) is 1.71. The highest BCUT2D eigenvalue weighted by atomic mass is 16.4. The second-order valence-corrected chi connectivity index (χ2v) is 4.61. The second-order valence-electron chi connectivity index (χ2n) is 4.61. The van der Waals surface area contributed by atoms with Gasteiger partial charge in [0.1, 0.15) is 6.54 Å². The molecule has 20 heavy (non-hydrogen) atoms. The highest BCUT2D eigenvalue weighted by molar-refractivity contribution is 5.81. The number of nitrogens with zero attached hydrogens (tertiary/aromatic N) is 2. The molecule has 0 spiro atoms. The Kier molecular flexibility index (Phi) is 4.34. The van der Waals surface area contributed by atoms with Crippen molar-refractivity contribution in [2.45, 2.75) is 19.9 Å². The number of amides is 1. The van der Waals surface area contributed by atoms with Gasteiger partial charge < -0.3 is 15.0 Å². The Morgan fingerprint density at radius 1 is 1.40 bits per heavy atom. The number of hydrogen-bond donors (Lipinski definition) is 2. The van der Waals surface area contributed by atoms with Crippen LogP contribution in [-0.4, -0.2) is 33.1 Å². The van der Waals surface area contributed by atoms with Gasteiger partial charge >= 0.3 is 5.97 Å². The lowest BCUT2D eigenvalue weighted by molar-refractivity contribution is -0.141. The van der Waals surface area contributed by atoms with Gasteiger partial charge in [0, 0.05) is 6.54 Å². The number of aliphatic carboxylic acids is 1.